The summed E-state index contributed by atoms with van der Waals surface area (Å²) >= 11 is 0. The van der Waals surface area contributed by atoms with Crippen molar-refractivity contribution in [3.8, 4) is 0 Å². The molecule has 0 aromatic carbocycles. The van der Waals surface area contributed by atoms with Crippen molar-refractivity contribution in [3.05, 3.63) is 24.2 Å². The number of aliphatic hydroxyl groups excluding tert-OH is 1. The van der Waals surface area contributed by atoms with E-state index in [-0.39, 0.29) is 11.9 Å². The van der Waals surface area contributed by atoms with Gasteiger partial charge < -0.3 is 23.7 Å². The van der Waals surface area contributed by atoms with E-state index in [9.17, 15) is 9.90 Å². The van der Waals surface area contributed by atoms with Gasteiger partial charge in [0.05, 0.1) is 12.4 Å². The molecule has 1 aliphatic carbocycles. The second-order valence-electron chi connectivity index (χ2n) is 6.06. The Hall–Kier alpha value is -1.37. The fourth-order valence-electron chi connectivity index (χ4n) is 3.24. The molecule has 0 radical (unpaired) electrons. The summed E-state index contributed by atoms with van der Waals surface area (Å²) in [5.41, 5.74) is 0. The summed E-state index contributed by atoms with van der Waals surface area (Å²) in [6.45, 7) is 4.93. The van der Waals surface area contributed by atoms with Gasteiger partial charge in [-0.2, -0.15) is 0 Å². The minimum Gasteiger partial charge on any atom is -0.469 e. The molecule has 3 rings (SSSR count). The summed E-state index contributed by atoms with van der Waals surface area (Å²) in [6, 6.07) is 3.57. The van der Waals surface area contributed by atoms with Crippen molar-refractivity contribution < 1.29 is 28.5 Å². The van der Waals surface area contributed by atoms with Gasteiger partial charge in [-0.15, -0.1) is 0 Å². The van der Waals surface area contributed by atoms with E-state index >= 15 is 0 Å². The van der Waals surface area contributed by atoms with Crippen LogP contribution in [0.1, 0.15) is 38.9 Å². The van der Waals surface area contributed by atoms with Gasteiger partial charge in [0.2, 0.25) is 0 Å². The number of fused-ring (bicyclic) bond motifs is 1. The molecule has 6 nitrogen and oxygen atoms in total. The third-order valence-corrected chi connectivity index (χ3v) is 3.99. The molecule has 2 aliphatic rings. The number of hydrogen-bond acceptors (Lipinski definition) is 6. The fraction of sp³-hybridized carbons (Fsp3) is 0.667. The highest BCUT2D eigenvalue weighted by molar-refractivity contribution is 5.66. The molecule has 2 fully saturated rings. The highest BCUT2D eigenvalue weighted by Gasteiger charge is 2.55. The molecule has 0 bridgehead atoms. The van der Waals surface area contributed by atoms with Crippen molar-refractivity contribution in [3.63, 3.8) is 0 Å². The van der Waals surface area contributed by atoms with Gasteiger partial charge in [0.25, 0.3) is 0 Å². The van der Waals surface area contributed by atoms with Crippen LogP contribution < -0.4 is 0 Å². The second kappa shape index (κ2) is 5.12. The number of hydrogen-bond donors (Lipinski definition) is 1. The van der Waals surface area contributed by atoms with Crippen LogP contribution in [0, 0.1) is 0 Å². The van der Waals surface area contributed by atoms with Crippen LogP contribution in [0.2, 0.25) is 0 Å². The summed E-state index contributed by atoms with van der Waals surface area (Å²) in [4.78, 5) is 11.3. The van der Waals surface area contributed by atoms with Crippen LogP contribution in [0.3, 0.4) is 0 Å². The third-order valence-electron chi connectivity index (χ3n) is 3.99. The van der Waals surface area contributed by atoms with Crippen molar-refractivity contribution >= 4 is 5.97 Å². The summed E-state index contributed by atoms with van der Waals surface area (Å²) in [5, 5.41) is 10.6. The van der Waals surface area contributed by atoms with E-state index in [0.717, 1.165) is 0 Å². The van der Waals surface area contributed by atoms with E-state index in [0.29, 0.717) is 12.2 Å². The monoisotopic (exact) mass is 296 g/mol. The fourth-order valence-corrected chi connectivity index (χ4v) is 3.24. The van der Waals surface area contributed by atoms with E-state index in [4.69, 9.17) is 18.6 Å². The molecule has 0 spiro atoms. The normalized spacial score (nSPS) is 38.0. The predicted molar refractivity (Wildman–Crippen MR) is 71.5 cm³/mol. The molecule has 1 aromatic heterocycles. The lowest BCUT2D eigenvalue weighted by molar-refractivity contribution is -0.169. The minimum atomic E-state index is -0.813. The number of carbonyl (C=O) groups excluding carboxylic acids is 1. The average Bonchev–Trinajstić information content (AvgIpc) is 2.99. The Balaban J connectivity index is 1.89. The molecule has 1 saturated heterocycles. The van der Waals surface area contributed by atoms with Gasteiger partial charge in [0, 0.05) is 12.8 Å². The first-order valence-corrected chi connectivity index (χ1v) is 7.12. The summed E-state index contributed by atoms with van der Waals surface area (Å²) in [6.07, 6.45) is -0.249. The van der Waals surface area contributed by atoms with E-state index in [1.54, 1.807) is 32.2 Å². The minimum absolute atomic E-state index is 0.289. The van der Waals surface area contributed by atoms with Gasteiger partial charge in [-0.05, 0) is 32.4 Å². The molecule has 1 saturated carbocycles. The van der Waals surface area contributed by atoms with Crippen LogP contribution in [-0.4, -0.2) is 41.3 Å². The molecule has 0 amide bonds. The summed E-state index contributed by atoms with van der Waals surface area (Å²) in [5.74, 6) is -0.816. The molecule has 1 unspecified atom stereocenters. The molecule has 5 atom stereocenters. The molecular formula is C15H20O6. The number of carbonyl (C=O) groups is 1. The number of furan rings is 1. The first kappa shape index (κ1) is 14.6. The van der Waals surface area contributed by atoms with Gasteiger partial charge in [0.1, 0.15) is 24.1 Å². The van der Waals surface area contributed by atoms with Crippen molar-refractivity contribution in [2.75, 3.05) is 0 Å². The number of ether oxygens (including phenoxy) is 3. The molecule has 1 aliphatic heterocycles. The van der Waals surface area contributed by atoms with Crippen molar-refractivity contribution in [1.82, 2.24) is 0 Å². The van der Waals surface area contributed by atoms with E-state index in [1.165, 1.54) is 6.92 Å². The highest BCUT2D eigenvalue weighted by atomic mass is 16.8. The Morgan fingerprint density at radius 3 is 2.71 bits per heavy atom. The lowest BCUT2D eigenvalue weighted by Crippen LogP contribution is -2.52. The van der Waals surface area contributed by atoms with Crippen molar-refractivity contribution in [2.45, 2.75) is 63.3 Å². The van der Waals surface area contributed by atoms with Crippen LogP contribution in [0.25, 0.3) is 0 Å². The van der Waals surface area contributed by atoms with E-state index < -0.39 is 30.2 Å². The van der Waals surface area contributed by atoms with Crippen molar-refractivity contribution in [1.29, 1.82) is 0 Å². The Labute approximate surface area is 123 Å². The first-order valence-electron chi connectivity index (χ1n) is 7.12. The third kappa shape index (κ3) is 2.71. The largest absolute Gasteiger partial charge is 0.469 e. The molecule has 1 N–H and O–H groups in total. The highest BCUT2D eigenvalue weighted by Crippen LogP contribution is 2.44. The SMILES string of the molecule is CC(=O)O[C@@H]1CC(c2ccco2)[C@@H](O)[C@H]2OC(C)(C)O[C@H]21. The van der Waals surface area contributed by atoms with E-state index in [1.807, 2.05) is 0 Å². The number of rotatable bonds is 2. The zero-order chi connectivity index (χ0) is 15.2. The summed E-state index contributed by atoms with van der Waals surface area (Å²) < 4.78 is 22.4. The van der Waals surface area contributed by atoms with Crippen molar-refractivity contribution in [2.24, 2.45) is 0 Å². The molecule has 2 heterocycles. The molecule has 116 valence electrons. The Morgan fingerprint density at radius 1 is 1.38 bits per heavy atom. The van der Waals surface area contributed by atoms with Crippen LogP contribution in [0.5, 0.6) is 0 Å². The van der Waals surface area contributed by atoms with Gasteiger partial charge in [-0.25, -0.2) is 0 Å². The molecular weight excluding hydrogens is 276 g/mol. The Kier molecular flexibility index (Phi) is 3.55. The topological polar surface area (TPSA) is 78.1 Å². The average molecular weight is 296 g/mol. The molecule has 21 heavy (non-hydrogen) atoms. The predicted octanol–water partition coefficient (Wildman–Crippen LogP) is 1.58. The molecule has 1 aromatic rings. The number of esters is 1. The molecule has 6 heteroatoms. The van der Waals surface area contributed by atoms with Crippen LogP contribution in [-0.2, 0) is 19.0 Å². The number of aliphatic hydroxyl groups is 1. The Morgan fingerprint density at radius 2 is 2.10 bits per heavy atom. The zero-order valence-corrected chi connectivity index (χ0v) is 12.3. The lowest BCUT2D eigenvalue weighted by Gasteiger charge is -2.38. The lowest BCUT2D eigenvalue weighted by atomic mass is 9.79. The van der Waals surface area contributed by atoms with Gasteiger partial charge in [-0.1, -0.05) is 0 Å². The smallest absolute Gasteiger partial charge is 0.302 e. The maximum atomic E-state index is 11.3. The van der Waals surface area contributed by atoms with E-state index in [2.05, 4.69) is 0 Å². The maximum absolute atomic E-state index is 11.3. The van der Waals surface area contributed by atoms with Crippen LogP contribution in [0.4, 0.5) is 0 Å². The quantitative estimate of drug-likeness (QED) is 0.835. The standard InChI is InChI=1S/C15H20O6/c1-8(16)19-11-7-9(10-5-4-6-18-10)12(17)14-13(11)20-15(2,3)21-14/h4-6,9,11-14,17H,7H2,1-3H3/t9?,11-,12-,13+,14-/m1/s1. The van der Waals surface area contributed by atoms with Gasteiger partial charge in [-0.3, -0.25) is 4.79 Å². The second-order valence-corrected chi connectivity index (χ2v) is 6.06. The summed E-state index contributed by atoms with van der Waals surface area (Å²) in [7, 11) is 0. The Bertz CT molecular complexity index is 508. The van der Waals surface area contributed by atoms with Crippen LogP contribution in [0.15, 0.2) is 22.8 Å². The van der Waals surface area contributed by atoms with Gasteiger partial charge in [0.15, 0.2) is 5.79 Å². The van der Waals surface area contributed by atoms with Gasteiger partial charge >= 0.3 is 5.97 Å². The maximum Gasteiger partial charge on any atom is 0.302 e. The zero-order valence-electron chi connectivity index (χ0n) is 12.3. The van der Waals surface area contributed by atoms with Crippen LogP contribution >= 0.6 is 0 Å². The first-order chi connectivity index (χ1) is 9.87.